The molecule has 0 bridgehead atoms. The summed E-state index contributed by atoms with van der Waals surface area (Å²) >= 11 is 3.22. The number of carbonyl (C=O) groups is 1. The highest BCUT2D eigenvalue weighted by Crippen LogP contribution is 2.24. The zero-order valence-corrected chi connectivity index (χ0v) is 10.3. The molecule has 0 heterocycles. The van der Waals surface area contributed by atoms with Gasteiger partial charge in [-0.1, -0.05) is 15.9 Å². The molecule has 1 amide bonds. The fourth-order valence-electron chi connectivity index (χ4n) is 1.22. The van der Waals surface area contributed by atoms with Gasteiger partial charge in [0.2, 0.25) is 5.91 Å². The summed E-state index contributed by atoms with van der Waals surface area (Å²) in [5.74, 6) is -0.448. The third-order valence-electron chi connectivity index (χ3n) is 1.85. The monoisotopic (exact) mass is 308 g/mol. The lowest BCUT2D eigenvalue weighted by atomic mass is 10.2. The summed E-state index contributed by atoms with van der Waals surface area (Å²) < 4.78 is 29.3. The van der Waals surface area contributed by atoms with Gasteiger partial charge in [0.25, 0.3) is 0 Å². The van der Waals surface area contributed by atoms with E-state index in [1.54, 1.807) is 12.1 Å². The van der Waals surface area contributed by atoms with E-state index in [1.165, 1.54) is 6.07 Å². The van der Waals surface area contributed by atoms with Gasteiger partial charge >= 0.3 is 6.61 Å². The number of benzene rings is 1. The molecule has 0 atom stereocenters. The number of halogens is 3. The lowest BCUT2D eigenvalue weighted by Gasteiger charge is -2.11. The molecule has 0 unspecified atom stereocenters. The van der Waals surface area contributed by atoms with E-state index in [0.717, 1.165) is 4.47 Å². The molecule has 3 N–H and O–H groups in total. The molecular formula is C10H11BrF2N2O2. The second-order valence-corrected chi connectivity index (χ2v) is 4.12. The predicted octanol–water partition coefficient (Wildman–Crippen LogP) is 1.63. The Morgan fingerprint density at radius 3 is 2.82 bits per heavy atom. The fourth-order valence-corrected chi connectivity index (χ4v) is 1.63. The van der Waals surface area contributed by atoms with Crippen LogP contribution in [0.25, 0.3) is 0 Å². The van der Waals surface area contributed by atoms with Crippen LogP contribution in [0.15, 0.2) is 22.7 Å². The van der Waals surface area contributed by atoms with Crippen molar-refractivity contribution < 1.29 is 18.3 Å². The lowest BCUT2D eigenvalue weighted by Crippen LogP contribution is -2.28. The van der Waals surface area contributed by atoms with Crippen LogP contribution in [-0.2, 0) is 11.3 Å². The quantitative estimate of drug-likeness (QED) is 0.839. The molecule has 1 aromatic rings. The molecule has 7 heteroatoms. The van der Waals surface area contributed by atoms with E-state index in [2.05, 4.69) is 26.0 Å². The van der Waals surface area contributed by atoms with Gasteiger partial charge in [0.15, 0.2) is 0 Å². The third kappa shape index (κ3) is 5.10. The zero-order chi connectivity index (χ0) is 12.8. The maximum Gasteiger partial charge on any atom is 0.387 e. The number of hydrogen-bond acceptors (Lipinski definition) is 3. The van der Waals surface area contributed by atoms with E-state index in [0.29, 0.717) is 5.56 Å². The molecule has 4 nitrogen and oxygen atoms in total. The minimum absolute atomic E-state index is 0.0272. The van der Waals surface area contributed by atoms with Crippen LogP contribution in [0.3, 0.4) is 0 Å². The van der Waals surface area contributed by atoms with E-state index in [1.807, 2.05) is 0 Å². The smallest absolute Gasteiger partial charge is 0.387 e. The number of hydrogen-bond donors (Lipinski definition) is 2. The molecule has 0 aliphatic heterocycles. The highest BCUT2D eigenvalue weighted by Gasteiger charge is 2.10. The summed E-state index contributed by atoms with van der Waals surface area (Å²) in [6.07, 6.45) is 0. The Bertz CT molecular complexity index is 402. The van der Waals surface area contributed by atoms with Gasteiger partial charge in [-0.05, 0) is 18.2 Å². The van der Waals surface area contributed by atoms with Crippen LogP contribution in [0.1, 0.15) is 5.56 Å². The highest BCUT2D eigenvalue weighted by atomic mass is 79.9. The van der Waals surface area contributed by atoms with Gasteiger partial charge in [-0.3, -0.25) is 4.79 Å². The summed E-state index contributed by atoms with van der Waals surface area (Å²) in [4.78, 5) is 10.5. The maximum atomic E-state index is 12.1. The Hall–Kier alpha value is -1.21. The van der Waals surface area contributed by atoms with Gasteiger partial charge in [-0.2, -0.15) is 8.78 Å². The van der Waals surface area contributed by atoms with Gasteiger partial charge in [0, 0.05) is 16.6 Å². The first kappa shape index (κ1) is 13.9. The van der Waals surface area contributed by atoms with Crippen molar-refractivity contribution in [3.05, 3.63) is 28.2 Å². The van der Waals surface area contributed by atoms with Crippen LogP contribution in [0.2, 0.25) is 0 Å². The van der Waals surface area contributed by atoms with Crippen molar-refractivity contribution in [3.8, 4) is 5.75 Å². The average Bonchev–Trinajstić information content (AvgIpc) is 2.21. The summed E-state index contributed by atoms with van der Waals surface area (Å²) in [6.45, 7) is -2.70. The Kier molecular flexibility index (Phi) is 5.30. The Morgan fingerprint density at radius 2 is 2.24 bits per heavy atom. The van der Waals surface area contributed by atoms with Crippen LogP contribution in [0.4, 0.5) is 8.78 Å². The van der Waals surface area contributed by atoms with Crippen molar-refractivity contribution in [2.75, 3.05) is 6.54 Å². The molecule has 0 aromatic heterocycles. The molecule has 0 fully saturated rings. The van der Waals surface area contributed by atoms with Gasteiger partial charge in [0.1, 0.15) is 5.75 Å². The summed E-state index contributed by atoms with van der Waals surface area (Å²) in [5.41, 5.74) is 5.46. The second-order valence-electron chi connectivity index (χ2n) is 3.20. The van der Waals surface area contributed by atoms with Crippen LogP contribution in [0, 0.1) is 0 Å². The number of amides is 1. The normalized spacial score (nSPS) is 10.6. The standard InChI is InChI=1S/C10H11BrF2N2O2/c11-7-1-2-8(17-10(12)13)6(3-7)4-15-5-9(14)16/h1-3,10,15H,4-5H2,(H2,14,16). The van der Waals surface area contributed by atoms with Gasteiger partial charge < -0.3 is 15.8 Å². The van der Waals surface area contributed by atoms with E-state index in [4.69, 9.17) is 5.73 Å². The van der Waals surface area contributed by atoms with Crippen LogP contribution >= 0.6 is 15.9 Å². The van der Waals surface area contributed by atoms with Crippen molar-refractivity contribution in [2.24, 2.45) is 5.73 Å². The fraction of sp³-hybridized carbons (Fsp3) is 0.300. The van der Waals surface area contributed by atoms with Crippen molar-refractivity contribution in [1.29, 1.82) is 0 Å². The molecule has 0 spiro atoms. The molecule has 0 aliphatic rings. The number of ether oxygens (including phenoxy) is 1. The maximum absolute atomic E-state index is 12.1. The molecule has 17 heavy (non-hydrogen) atoms. The summed E-state index contributed by atoms with van der Waals surface area (Å²) in [6, 6.07) is 4.65. The number of rotatable bonds is 6. The molecule has 0 saturated heterocycles. The molecule has 1 aromatic carbocycles. The minimum atomic E-state index is -2.88. The van der Waals surface area contributed by atoms with Gasteiger partial charge in [-0.25, -0.2) is 0 Å². The van der Waals surface area contributed by atoms with Crippen LogP contribution in [0.5, 0.6) is 5.75 Å². The zero-order valence-electron chi connectivity index (χ0n) is 8.75. The summed E-state index contributed by atoms with van der Waals surface area (Å²) in [5, 5.41) is 2.72. The minimum Gasteiger partial charge on any atom is -0.434 e. The van der Waals surface area contributed by atoms with E-state index in [-0.39, 0.29) is 18.8 Å². The summed E-state index contributed by atoms with van der Waals surface area (Å²) in [7, 11) is 0. The average molecular weight is 309 g/mol. The number of nitrogens with two attached hydrogens (primary N) is 1. The van der Waals surface area contributed by atoms with E-state index in [9.17, 15) is 13.6 Å². The van der Waals surface area contributed by atoms with Crippen LogP contribution < -0.4 is 15.8 Å². The van der Waals surface area contributed by atoms with Crippen molar-refractivity contribution in [1.82, 2.24) is 5.32 Å². The first-order chi connectivity index (χ1) is 7.99. The predicted molar refractivity (Wildman–Crippen MR) is 61.7 cm³/mol. The van der Waals surface area contributed by atoms with Gasteiger partial charge in [0.05, 0.1) is 6.54 Å². The number of primary amides is 1. The Labute approximate surface area is 105 Å². The van der Waals surface area contributed by atoms with Crippen molar-refractivity contribution in [2.45, 2.75) is 13.2 Å². The molecule has 94 valence electrons. The van der Waals surface area contributed by atoms with E-state index < -0.39 is 12.5 Å². The third-order valence-corrected chi connectivity index (χ3v) is 2.35. The molecular weight excluding hydrogens is 298 g/mol. The second kappa shape index (κ2) is 6.51. The topological polar surface area (TPSA) is 64.4 Å². The first-order valence-corrected chi connectivity index (χ1v) is 5.50. The Morgan fingerprint density at radius 1 is 1.53 bits per heavy atom. The largest absolute Gasteiger partial charge is 0.434 e. The molecule has 0 aliphatic carbocycles. The van der Waals surface area contributed by atoms with Crippen LogP contribution in [-0.4, -0.2) is 19.1 Å². The van der Waals surface area contributed by atoms with Crippen molar-refractivity contribution >= 4 is 21.8 Å². The molecule has 0 radical (unpaired) electrons. The lowest BCUT2D eigenvalue weighted by molar-refractivity contribution is -0.117. The number of nitrogens with one attached hydrogen (secondary N) is 1. The van der Waals surface area contributed by atoms with Crippen molar-refractivity contribution in [3.63, 3.8) is 0 Å². The van der Waals surface area contributed by atoms with Gasteiger partial charge in [-0.15, -0.1) is 0 Å². The Balaban J connectivity index is 2.72. The molecule has 0 saturated carbocycles. The highest BCUT2D eigenvalue weighted by molar-refractivity contribution is 9.10. The van der Waals surface area contributed by atoms with E-state index >= 15 is 0 Å². The number of carbonyl (C=O) groups excluding carboxylic acids is 1. The SMILES string of the molecule is NC(=O)CNCc1cc(Br)ccc1OC(F)F. The molecule has 1 rings (SSSR count). The first-order valence-electron chi connectivity index (χ1n) is 4.71. The number of alkyl halides is 2.